The number of rotatable bonds is 6. The van der Waals surface area contributed by atoms with Gasteiger partial charge in [0.05, 0.1) is 6.61 Å². The zero-order valence-corrected chi connectivity index (χ0v) is 8.75. The van der Waals surface area contributed by atoms with Crippen LogP contribution in [0.5, 0.6) is 0 Å². The molecule has 1 unspecified atom stereocenters. The van der Waals surface area contributed by atoms with Crippen molar-refractivity contribution in [3.63, 3.8) is 0 Å². The first-order valence-electron chi connectivity index (χ1n) is 4.86. The average molecular weight is 188 g/mol. The van der Waals surface area contributed by atoms with Gasteiger partial charge >= 0.3 is 5.97 Å². The molecule has 3 nitrogen and oxygen atoms in total. The van der Waals surface area contributed by atoms with Crippen molar-refractivity contribution in [3.05, 3.63) is 0 Å². The summed E-state index contributed by atoms with van der Waals surface area (Å²) in [5.74, 6) is 0.426. The summed E-state index contributed by atoms with van der Waals surface area (Å²) in [4.78, 5) is 10.8. The van der Waals surface area contributed by atoms with Crippen LogP contribution in [0.4, 0.5) is 0 Å². The quantitative estimate of drug-likeness (QED) is 0.644. The standard InChI is InChI=1S/C10H20O3/c1-4-10(12)13-7-9(6-11)5-8(2)3/h8-9,11H,4-7H2,1-3H3. The highest BCUT2D eigenvalue weighted by Gasteiger charge is 2.11. The molecule has 13 heavy (non-hydrogen) atoms. The Labute approximate surface area is 80.1 Å². The molecule has 0 spiro atoms. The van der Waals surface area contributed by atoms with E-state index in [1.807, 2.05) is 0 Å². The molecule has 0 aliphatic rings. The Balaban J connectivity index is 3.65. The second-order valence-electron chi connectivity index (χ2n) is 3.71. The van der Waals surface area contributed by atoms with Crippen LogP contribution >= 0.6 is 0 Å². The lowest BCUT2D eigenvalue weighted by atomic mass is 9.99. The number of esters is 1. The molecule has 0 aliphatic carbocycles. The fourth-order valence-electron chi connectivity index (χ4n) is 1.17. The van der Waals surface area contributed by atoms with E-state index in [9.17, 15) is 4.79 Å². The second-order valence-corrected chi connectivity index (χ2v) is 3.71. The van der Waals surface area contributed by atoms with E-state index in [1.54, 1.807) is 6.92 Å². The Morgan fingerprint density at radius 2 is 2.08 bits per heavy atom. The van der Waals surface area contributed by atoms with E-state index in [4.69, 9.17) is 9.84 Å². The van der Waals surface area contributed by atoms with Crippen LogP contribution in [0.15, 0.2) is 0 Å². The zero-order valence-electron chi connectivity index (χ0n) is 8.75. The van der Waals surface area contributed by atoms with Gasteiger partial charge in [0.2, 0.25) is 0 Å². The molecule has 0 amide bonds. The predicted molar refractivity (Wildman–Crippen MR) is 51.3 cm³/mol. The van der Waals surface area contributed by atoms with Gasteiger partial charge in [0.25, 0.3) is 0 Å². The molecule has 0 saturated heterocycles. The molecule has 0 aromatic carbocycles. The predicted octanol–water partition coefficient (Wildman–Crippen LogP) is 1.59. The highest BCUT2D eigenvalue weighted by Crippen LogP contribution is 2.11. The van der Waals surface area contributed by atoms with Crippen LogP contribution < -0.4 is 0 Å². The first-order chi connectivity index (χ1) is 6.10. The van der Waals surface area contributed by atoms with Crippen LogP contribution in [0.3, 0.4) is 0 Å². The van der Waals surface area contributed by atoms with Crippen molar-refractivity contribution in [1.82, 2.24) is 0 Å². The van der Waals surface area contributed by atoms with Gasteiger partial charge in [-0.3, -0.25) is 4.79 Å². The molecule has 0 aromatic heterocycles. The molecular weight excluding hydrogens is 168 g/mol. The summed E-state index contributed by atoms with van der Waals surface area (Å²) in [6.07, 6.45) is 1.30. The molecule has 0 heterocycles. The maximum Gasteiger partial charge on any atom is 0.305 e. The molecule has 78 valence electrons. The Bertz CT molecular complexity index is 143. The van der Waals surface area contributed by atoms with E-state index in [1.165, 1.54) is 0 Å². The van der Waals surface area contributed by atoms with Gasteiger partial charge in [-0.1, -0.05) is 20.8 Å². The van der Waals surface area contributed by atoms with Gasteiger partial charge in [-0.25, -0.2) is 0 Å². The second kappa shape index (κ2) is 6.89. The minimum absolute atomic E-state index is 0.0924. The van der Waals surface area contributed by atoms with E-state index < -0.39 is 0 Å². The molecule has 0 aromatic rings. The third kappa shape index (κ3) is 6.58. The molecular formula is C10H20O3. The molecule has 1 atom stereocenters. The third-order valence-corrected chi connectivity index (χ3v) is 1.83. The molecule has 0 bridgehead atoms. The van der Waals surface area contributed by atoms with Gasteiger partial charge in [0, 0.05) is 18.9 Å². The number of carbonyl (C=O) groups is 1. The minimum Gasteiger partial charge on any atom is -0.465 e. The molecule has 0 saturated carbocycles. The summed E-state index contributed by atoms with van der Waals surface area (Å²) in [6, 6.07) is 0. The molecule has 1 N–H and O–H groups in total. The van der Waals surface area contributed by atoms with Crippen LogP contribution in [0.2, 0.25) is 0 Å². The number of hydrogen-bond donors (Lipinski definition) is 1. The lowest BCUT2D eigenvalue weighted by Crippen LogP contribution is -2.18. The summed E-state index contributed by atoms with van der Waals surface area (Å²) in [5, 5.41) is 8.97. The molecule has 3 heteroatoms. The summed E-state index contributed by atoms with van der Waals surface area (Å²) >= 11 is 0. The summed E-state index contributed by atoms with van der Waals surface area (Å²) in [7, 11) is 0. The number of hydrogen-bond acceptors (Lipinski definition) is 3. The van der Waals surface area contributed by atoms with Crippen LogP contribution in [-0.2, 0) is 9.53 Å². The van der Waals surface area contributed by atoms with Crippen molar-refractivity contribution >= 4 is 5.97 Å². The monoisotopic (exact) mass is 188 g/mol. The number of ether oxygens (including phenoxy) is 1. The van der Waals surface area contributed by atoms with Crippen molar-refractivity contribution < 1.29 is 14.6 Å². The van der Waals surface area contributed by atoms with E-state index in [0.29, 0.717) is 18.9 Å². The topological polar surface area (TPSA) is 46.5 Å². The summed E-state index contributed by atoms with van der Waals surface area (Å²) < 4.78 is 4.95. The molecule has 0 rings (SSSR count). The van der Waals surface area contributed by atoms with Gasteiger partial charge in [-0.2, -0.15) is 0 Å². The van der Waals surface area contributed by atoms with Crippen molar-refractivity contribution in [2.75, 3.05) is 13.2 Å². The van der Waals surface area contributed by atoms with E-state index in [0.717, 1.165) is 6.42 Å². The van der Waals surface area contributed by atoms with Gasteiger partial charge in [-0.15, -0.1) is 0 Å². The van der Waals surface area contributed by atoms with Crippen molar-refractivity contribution in [2.24, 2.45) is 11.8 Å². The normalized spacial score (nSPS) is 13.0. The minimum atomic E-state index is -0.192. The number of aliphatic hydroxyl groups is 1. The lowest BCUT2D eigenvalue weighted by Gasteiger charge is -2.15. The smallest absolute Gasteiger partial charge is 0.305 e. The molecule has 0 radical (unpaired) electrons. The third-order valence-electron chi connectivity index (χ3n) is 1.83. The summed E-state index contributed by atoms with van der Waals surface area (Å²) in [6.45, 7) is 6.38. The maximum absolute atomic E-state index is 10.8. The fraction of sp³-hybridized carbons (Fsp3) is 0.900. The Hall–Kier alpha value is -0.570. The largest absolute Gasteiger partial charge is 0.465 e. The van der Waals surface area contributed by atoms with Gasteiger partial charge < -0.3 is 9.84 Å². The highest BCUT2D eigenvalue weighted by molar-refractivity contribution is 5.68. The van der Waals surface area contributed by atoms with Crippen LogP contribution in [0, 0.1) is 11.8 Å². The highest BCUT2D eigenvalue weighted by atomic mass is 16.5. The van der Waals surface area contributed by atoms with Crippen molar-refractivity contribution in [3.8, 4) is 0 Å². The van der Waals surface area contributed by atoms with E-state index in [-0.39, 0.29) is 18.5 Å². The van der Waals surface area contributed by atoms with Gasteiger partial charge in [-0.05, 0) is 12.3 Å². The SMILES string of the molecule is CCC(=O)OCC(CO)CC(C)C. The fourth-order valence-corrected chi connectivity index (χ4v) is 1.17. The van der Waals surface area contributed by atoms with E-state index >= 15 is 0 Å². The van der Waals surface area contributed by atoms with Crippen LogP contribution in [0.25, 0.3) is 0 Å². The Morgan fingerprint density at radius 3 is 2.46 bits per heavy atom. The molecule has 0 fully saturated rings. The Kier molecular flexibility index (Phi) is 6.59. The number of carbonyl (C=O) groups excluding carboxylic acids is 1. The summed E-state index contributed by atoms with van der Waals surface area (Å²) in [5.41, 5.74) is 0. The van der Waals surface area contributed by atoms with E-state index in [2.05, 4.69) is 13.8 Å². The van der Waals surface area contributed by atoms with Crippen LogP contribution in [0.1, 0.15) is 33.6 Å². The molecule has 0 aliphatic heterocycles. The number of aliphatic hydroxyl groups excluding tert-OH is 1. The van der Waals surface area contributed by atoms with Gasteiger partial charge in [0.1, 0.15) is 0 Å². The average Bonchev–Trinajstić information content (AvgIpc) is 2.10. The van der Waals surface area contributed by atoms with Crippen molar-refractivity contribution in [1.29, 1.82) is 0 Å². The Morgan fingerprint density at radius 1 is 1.46 bits per heavy atom. The first-order valence-corrected chi connectivity index (χ1v) is 4.86. The maximum atomic E-state index is 10.8. The van der Waals surface area contributed by atoms with Crippen LogP contribution in [-0.4, -0.2) is 24.3 Å². The van der Waals surface area contributed by atoms with Gasteiger partial charge in [0.15, 0.2) is 0 Å². The lowest BCUT2D eigenvalue weighted by molar-refractivity contribution is -0.145. The zero-order chi connectivity index (χ0) is 10.3. The first kappa shape index (κ1) is 12.4. The van der Waals surface area contributed by atoms with Crippen molar-refractivity contribution in [2.45, 2.75) is 33.6 Å².